The Hall–Kier alpha value is -3.12. The summed E-state index contributed by atoms with van der Waals surface area (Å²) in [5.74, 6) is 1.24. The van der Waals surface area contributed by atoms with Gasteiger partial charge in [0.1, 0.15) is 17.6 Å². The van der Waals surface area contributed by atoms with Crippen LogP contribution in [0.25, 0.3) is 17.2 Å². The first-order valence-electron chi connectivity index (χ1n) is 9.29. The average Bonchev–Trinajstić information content (AvgIpc) is 3.28. The Balaban J connectivity index is 1.41. The van der Waals surface area contributed by atoms with Gasteiger partial charge in [0, 0.05) is 36.0 Å². The molecule has 3 aromatic rings. The number of carbonyl (C=O) groups excluding carboxylic acids is 1. The third-order valence-electron chi connectivity index (χ3n) is 4.79. The predicted molar refractivity (Wildman–Crippen MR) is 111 cm³/mol. The molecule has 1 unspecified atom stereocenters. The predicted octanol–water partition coefficient (Wildman–Crippen LogP) is 4.14. The van der Waals surface area contributed by atoms with E-state index in [1.165, 1.54) is 6.08 Å². The number of fused-ring (bicyclic) bond motifs is 1. The van der Waals surface area contributed by atoms with E-state index in [1.807, 2.05) is 32.0 Å². The maximum absolute atomic E-state index is 12.1. The van der Waals surface area contributed by atoms with Crippen LogP contribution < -0.4 is 10.1 Å². The maximum atomic E-state index is 12.1. The molecule has 1 aliphatic rings. The lowest BCUT2D eigenvalue weighted by Crippen LogP contribution is -2.33. The lowest BCUT2D eigenvalue weighted by atomic mass is 10.00. The highest BCUT2D eigenvalue weighted by atomic mass is 35.5. The smallest absolute Gasteiger partial charge is 0.244 e. The second kappa shape index (κ2) is 8.09. The van der Waals surface area contributed by atoms with E-state index in [2.05, 4.69) is 21.5 Å². The number of halogens is 1. The van der Waals surface area contributed by atoms with E-state index in [9.17, 15) is 4.79 Å². The lowest BCUT2D eigenvalue weighted by Gasteiger charge is -2.11. The fourth-order valence-electron chi connectivity index (χ4n) is 3.46. The molecule has 2 aromatic heterocycles. The highest BCUT2D eigenvalue weighted by Gasteiger charge is 2.27. The van der Waals surface area contributed by atoms with Crippen LogP contribution in [-0.2, 0) is 11.2 Å². The molecule has 1 N–H and O–H groups in total. The molecule has 0 radical (unpaired) electrons. The van der Waals surface area contributed by atoms with Crippen LogP contribution in [0.2, 0.25) is 5.02 Å². The topological polar surface area (TPSA) is 77.3 Å². The number of hydrogen-bond donors (Lipinski definition) is 1. The summed E-state index contributed by atoms with van der Waals surface area (Å²) in [7, 11) is 0. The summed E-state index contributed by atoms with van der Waals surface area (Å²) in [5.41, 5.74) is 4.61. The number of aromatic nitrogens is 2. The molecular formula is C22H20ClN3O3. The first-order chi connectivity index (χ1) is 14.0. The fraction of sp³-hybridized carbons (Fsp3) is 0.227. The molecule has 0 saturated carbocycles. The molecule has 1 aromatic carbocycles. The van der Waals surface area contributed by atoms with E-state index in [0.29, 0.717) is 23.7 Å². The SMILES string of the molecule is Cc1noc(C)c1-c1cc(Cl)c2c(c1)CC(CNC(=O)/C=C/c1cccnc1)O2. The van der Waals surface area contributed by atoms with Gasteiger partial charge in [-0.15, -0.1) is 0 Å². The number of benzene rings is 1. The number of hydrogen-bond acceptors (Lipinski definition) is 5. The van der Waals surface area contributed by atoms with E-state index >= 15 is 0 Å². The van der Waals surface area contributed by atoms with Gasteiger partial charge < -0.3 is 14.6 Å². The highest BCUT2D eigenvalue weighted by Crippen LogP contribution is 2.40. The monoisotopic (exact) mass is 409 g/mol. The zero-order valence-corrected chi connectivity index (χ0v) is 16.9. The molecule has 0 aliphatic carbocycles. The molecular weight excluding hydrogens is 390 g/mol. The molecule has 6 nitrogen and oxygen atoms in total. The molecule has 4 rings (SSSR count). The Morgan fingerprint density at radius 2 is 2.24 bits per heavy atom. The van der Waals surface area contributed by atoms with E-state index in [0.717, 1.165) is 33.7 Å². The summed E-state index contributed by atoms with van der Waals surface area (Å²) in [4.78, 5) is 16.1. The summed E-state index contributed by atoms with van der Waals surface area (Å²) in [6, 6.07) is 7.62. The minimum Gasteiger partial charge on any atom is -0.486 e. The molecule has 1 aliphatic heterocycles. The molecule has 0 saturated heterocycles. The molecule has 148 valence electrons. The van der Waals surface area contributed by atoms with Gasteiger partial charge in [-0.2, -0.15) is 0 Å². The van der Waals surface area contributed by atoms with Gasteiger partial charge in [-0.1, -0.05) is 22.8 Å². The van der Waals surface area contributed by atoms with Gasteiger partial charge in [0.25, 0.3) is 0 Å². The average molecular weight is 410 g/mol. The quantitative estimate of drug-likeness (QED) is 0.641. The van der Waals surface area contributed by atoms with Crippen molar-refractivity contribution in [3.8, 4) is 16.9 Å². The van der Waals surface area contributed by atoms with E-state index in [1.54, 1.807) is 18.5 Å². The van der Waals surface area contributed by atoms with Crippen molar-refractivity contribution in [1.29, 1.82) is 0 Å². The second-order valence-electron chi connectivity index (χ2n) is 6.95. The van der Waals surface area contributed by atoms with Crippen molar-refractivity contribution >= 4 is 23.6 Å². The number of nitrogens with one attached hydrogen (secondary N) is 1. The highest BCUT2D eigenvalue weighted by molar-refractivity contribution is 6.32. The summed E-state index contributed by atoms with van der Waals surface area (Å²) in [6.07, 6.45) is 7.09. The number of carbonyl (C=O) groups is 1. The van der Waals surface area contributed by atoms with Crippen LogP contribution in [0.3, 0.4) is 0 Å². The molecule has 0 fully saturated rings. The van der Waals surface area contributed by atoms with E-state index in [-0.39, 0.29) is 12.0 Å². The van der Waals surface area contributed by atoms with Crippen LogP contribution in [0.5, 0.6) is 5.75 Å². The number of rotatable bonds is 5. The van der Waals surface area contributed by atoms with Gasteiger partial charge >= 0.3 is 0 Å². The summed E-state index contributed by atoms with van der Waals surface area (Å²) >= 11 is 6.46. The minimum absolute atomic E-state index is 0.168. The normalized spacial score (nSPS) is 15.3. The Morgan fingerprint density at radius 3 is 2.97 bits per heavy atom. The summed E-state index contributed by atoms with van der Waals surface area (Å²) in [6.45, 7) is 4.17. The van der Waals surface area contributed by atoms with Crippen molar-refractivity contribution in [3.63, 3.8) is 0 Å². The van der Waals surface area contributed by atoms with Crippen LogP contribution in [0.1, 0.15) is 22.6 Å². The second-order valence-corrected chi connectivity index (χ2v) is 7.36. The maximum Gasteiger partial charge on any atom is 0.244 e. The number of amides is 1. The van der Waals surface area contributed by atoms with Gasteiger partial charge in [0.2, 0.25) is 5.91 Å². The van der Waals surface area contributed by atoms with Gasteiger partial charge in [0.05, 0.1) is 17.3 Å². The van der Waals surface area contributed by atoms with Crippen LogP contribution in [-0.4, -0.2) is 28.7 Å². The Bertz CT molecular complexity index is 1060. The molecule has 0 spiro atoms. The van der Waals surface area contributed by atoms with Crippen molar-refractivity contribution in [1.82, 2.24) is 15.5 Å². The van der Waals surface area contributed by atoms with Crippen molar-refractivity contribution < 1.29 is 14.1 Å². The van der Waals surface area contributed by atoms with Gasteiger partial charge in [0.15, 0.2) is 0 Å². The Kier molecular flexibility index (Phi) is 5.36. The zero-order chi connectivity index (χ0) is 20.4. The van der Waals surface area contributed by atoms with Gasteiger partial charge in [-0.3, -0.25) is 9.78 Å². The third kappa shape index (κ3) is 4.17. The largest absolute Gasteiger partial charge is 0.486 e. The van der Waals surface area contributed by atoms with E-state index < -0.39 is 0 Å². The lowest BCUT2D eigenvalue weighted by molar-refractivity contribution is -0.116. The Labute approximate surface area is 173 Å². The molecule has 1 atom stereocenters. The molecule has 0 bridgehead atoms. The molecule has 3 heterocycles. The summed E-state index contributed by atoms with van der Waals surface area (Å²) < 4.78 is 11.2. The van der Waals surface area contributed by atoms with Gasteiger partial charge in [-0.25, -0.2) is 0 Å². The molecule has 29 heavy (non-hydrogen) atoms. The van der Waals surface area contributed by atoms with Crippen LogP contribution in [0, 0.1) is 13.8 Å². The number of pyridine rings is 1. The summed E-state index contributed by atoms with van der Waals surface area (Å²) in [5, 5.41) is 7.43. The van der Waals surface area contributed by atoms with Crippen molar-refractivity contribution in [3.05, 3.63) is 70.3 Å². The van der Waals surface area contributed by atoms with Crippen molar-refractivity contribution in [2.24, 2.45) is 0 Å². The first kappa shape index (κ1) is 19.2. The minimum atomic E-state index is -0.184. The molecule has 1 amide bonds. The first-order valence-corrected chi connectivity index (χ1v) is 9.67. The standard InChI is InChI=1S/C22H20ClN3O3/c1-13-21(14(2)29-26-13)16-8-17-9-18(28-22(17)19(23)10-16)12-25-20(27)6-5-15-4-3-7-24-11-15/h3-8,10-11,18H,9,12H2,1-2H3,(H,25,27)/b6-5+. The zero-order valence-electron chi connectivity index (χ0n) is 16.1. The third-order valence-corrected chi connectivity index (χ3v) is 5.07. The number of ether oxygens (including phenoxy) is 1. The van der Waals surface area contributed by atoms with Crippen molar-refractivity contribution in [2.45, 2.75) is 26.4 Å². The van der Waals surface area contributed by atoms with Crippen LogP contribution in [0.15, 0.2) is 47.3 Å². The number of nitrogens with zero attached hydrogens (tertiary/aromatic N) is 2. The Morgan fingerprint density at radius 1 is 1.38 bits per heavy atom. The number of aryl methyl sites for hydroxylation is 2. The fourth-order valence-corrected chi connectivity index (χ4v) is 3.74. The molecule has 7 heteroatoms. The van der Waals surface area contributed by atoms with E-state index in [4.69, 9.17) is 20.9 Å². The van der Waals surface area contributed by atoms with Crippen LogP contribution in [0.4, 0.5) is 0 Å². The van der Waals surface area contributed by atoms with Crippen LogP contribution >= 0.6 is 11.6 Å². The van der Waals surface area contributed by atoms with Gasteiger partial charge in [-0.05, 0) is 49.2 Å². The van der Waals surface area contributed by atoms with Crippen molar-refractivity contribution in [2.75, 3.05) is 6.54 Å².